The topological polar surface area (TPSA) is 86.8 Å². The lowest BCUT2D eigenvalue weighted by Crippen LogP contribution is -2.53. The molecular formula is C32H31Cl2N3O4S. The van der Waals surface area contributed by atoms with Gasteiger partial charge in [-0.2, -0.15) is 0 Å². The monoisotopic (exact) mass is 623 g/mol. The van der Waals surface area contributed by atoms with Crippen molar-refractivity contribution in [2.75, 3.05) is 17.9 Å². The van der Waals surface area contributed by atoms with Crippen molar-refractivity contribution in [2.45, 2.75) is 30.8 Å². The molecule has 0 aliphatic heterocycles. The summed E-state index contributed by atoms with van der Waals surface area (Å²) < 4.78 is 28.9. The van der Waals surface area contributed by atoms with Gasteiger partial charge >= 0.3 is 0 Å². The standard InChI is InChI=1S/C32H31Cl2N3O4S/c1-23-13-16-26(17-14-23)37(42(40,41)27-11-7-4-8-12-27)22-31(38)36(21-25-15-18-28(33)29(34)19-25)30(32(39)35-2)20-24-9-5-3-6-10-24/h3-19,30H,20-22H2,1-2H3,(H,35,39)/t30-/m1/s1. The van der Waals surface area contributed by atoms with Crippen LogP contribution in [0.5, 0.6) is 0 Å². The number of nitrogens with one attached hydrogen (secondary N) is 1. The van der Waals surface area contributed by atoms with Gasteiger partial charge in [-0.05, 0) is 54.4 Å². The summed E-state index contributed by atoms with van der Waals surface area (Å²) in [6, 6.07) is 28.2. The summed E-state index contributed by atoms with van der Waals surface area (Å²) in [4.78, 5) is 29.0. The van der Waals surface area contributed by atoms with Crippen LogP contribution in [0.4, 0.5) is 5.69 Å². The van der Waals surface area contributed by atoms with Gasteiger partial charge in [-0.3, -0.25) is 13.9 Å². The highest BCUT2D eigenvalue weighted by molar-refractivity contribution is 7.92. The molecule has 7 nitrogen and oxygen atoms in total. The van der Waals surface area contributed by atoms with Crippen LogP contribution >= 0.6 is 23.2 Å². The molecule has 1 N–H and O–H groups in total. The number of carbonyl (C=O) groups excluding carboxylic acids is 2. The molecule has 0 saturated carbocycles. The molecule has 0 unspecified atom stereocenters. The number of rotatable bonds is 11. The van der Waals surface area contributed by atoms with E-state index >= 15 is 0 Å². The van der Waals surface area contributed by atoms with Crippen molar-refractivity contribution in [3.63, 3.8) is 0 Å². The average molecular weight is 625 g/mol. The highest BCUT2D eigenvalue weighted by Gasteiger charge is 2.34. The quantitative estimate of drug-likeness (QED) is 0.226. The molecule has 4 rings (SSSR count). The zero-order valence-electron chi connectivity index (χ0n) is 23.2. The molecule has 1 atom stereocenters. The zero-order chi connectivity index (χ0) is 30.3. The first-order valence-electron chi connectivity index (χ1n) is 13.2. The highest BCUT2D eigenvalue weighted by atomic mass is 35.5. The smallest absolute Gasteiger partial charge is 0.264 e. The van der Waals surface area contributed by atoms with Gasteiger partial charge in [0.25, 0.3) is 10.0 Å². The summed E-state index contributed by atoms with van der Waals surface area (Å²) in [6.07, 6.45) is 0.212. The zero-order valence-corrected chi connectivity index (χ0v) is 25.5. The van der Waals surface area contributed by atoms with Crippen LogP contribution in [0.1, 0.15) is 16.7 Å². The Kier molecular flexibility index (Phi) is 10.3. The van der Waals surface area contributed by atoms with Crippen LogP contribution in [0, 0.1) is 6.92 Å². The second-order valence-corrected chi connectivity index (χ2v) is 12.4. The minimum atomic E-state index is -4.14. The number of aryl methyl sites for hydroxylation is 1. The van der Waals surface area contributed by atoms with Crippen LogP contribution < -0.4 is 9.62 Å². The molecule has 10 heteroatoms. The SMILES string of the molecule is CNC(=O)[C@@H](Cc1ccccc1)N(Cc1ccc(Cl)c(Cl)c1)C(=O)CN(c1ccc(C)cc1)S(=O)(=O)c1ccccc1. The Labute approximate surface area is 256 Å². The summed E-state index contributed by atoms with van der Waals surface area (Å²) in [6.45, 7) is 1.35. The minimum absolute atomic E-state index is 0.00619. The van der Waals surface area contributed by atoms with Crippen molar-refractivity contribution in [1.29, 1.82) is 0 Å². The second-order valence-electron chi connectivity index (χ2n) is 9.75. The Morgan fingerprint density at radius 1 is 0.810 bits per heavy atom. The van der Waals surface area contributed by atoms with Crippen LogP contribution in [-0.2, 0) is 32.6 Å². The van der Waals surface area contributed by atoms with Gasteiger partial charge in [0.05, 0.1) is 20.6 Å². The number of carbonyl (C=O) groups is 2. The fourth-order valence-corrected chi connectivity index (χ4v) is 6.27. The number of likely N-dealkylation sites (N-methyl/N-ethyl adjacent to an activating group) is 1. The third kappa shape index (κ3) is 7.50. The molecule has 0 heterocycles. The average Bonchev–Trinajstić information content (AvgIpc) is 3.00. The van der Waals surface area contributed by atoms with Crippen molar-refractivity contribution in [2.24, 2.45) is 0 Å². The van der Waals surface area contributed by atoms with Crippen LogP contribution in [0.2, 0.25) is 10.0 Å². The Morgan fingerprint density at radius 3 is 2.02 bits per heavy atom. The van der Waals surface area contributed by atoms with Crippen molar-refractivity contribution < 1.29 is 18.0 Å². The maximum Gasteiger partial charge on any atom is 0.264 e. The summed E-state index contributed by atoms with van der Waals surface area (Å²) in [7, 11) is -2.64. The minimum Gasteiger partial charge on any atom is -0.357 e. The molecule has 0 aliphatic rings. The predicted molar refractivity (Wildman–Crippen MR) is 167 cm³/mol. The Bertz CT molecular complexity index is 1630. The Hall–Kier alpha value is -3.85. The van der Waals surface area contributed by atoms with Crippen molar-refractivity contribution >= 4 is 50.7 Å². The van der Waals surface area contributed by atoms with Crippen molar-refractivity contribution in [1.82, 2.24) is 10.2 Å². The van der Waals surface area contributed by atoms with Crippen molar-refractivity contribution in [3.05, 3.63) is 130 Å². The van der Waals surface area contributed by atoms with E-state index in [4.69, 9.17) is 23.2 Å². The van der Waals surface area contributed by atoms with Crippen LogP contribution in [0.3, 0.4) is 0 Å². The van der Waals surface area contributed by atoms with Gasteiger partial charge in [0, 0.05) is 20.0 Å². The number of anilines is 1. The van der Waals surface area contributed by atoms with Crippen LogP contribution in [0.15, 0.2) is 108 Å². The number of amides is 2. The van der Waals surface area contributed by atoms with Gasteiger partial charge < -0.3 is 10.2 Å². The van der Waals surface area contributed by atoms with Gasteiger partial charge in [0.2, 0.25) is 11.8 Å². The van der Waals surface area contributed by atoms with E-state index in [1.165, 1.54) is 24.1 Å². The molecule has 4 aromatic carbocycles. The molecule has 42 heavy (non-hydrogen) atoms. The maximum atomic E-state index is 14.3. The highest BCUT2D eigenvalue weighted by Crippen LogP contribution is 2.27. The third-order valence-electron chi connectivity index (χ3n) is 6.79. The van der Waals surface area contributed by atoms with Gasteiger partial charge in [-0.1, -0.05) is 95.5 Å². The van der Waals surface area contributed by atoms with Gasteiger partial charge in [-0.15, -0.1) is 0 Å². The number of sulfonamides is 1. The maximum absolute atomic E-state index is 14.3. The number of nitrogens with zero attached hydrogens (tertiary/aromatic N) is 2. The van der Waals surface area contributed by atoms with Crippen molar-refractivity contribution in [3.8, 4) is 0 Å². The Balaban J connectivity index is 1.79. The van der Waals surface area contributed by atoms with Gasteiger partial charge in [0.1, 0.15) is 12.6 Å². The predicted octanol–water partition coefficient (Wildman–Crippen LogP) is 5.88. The van der Waals surface area contributed by atoms with E-state index in [2.05, 4.69) is 5.32 Å². The lowest BCUT2D eigenvalue weighted by Gasteiger charge is -2.33. The summed E-state index contributed by atoms with van der Waals surface area (Å²) >= 11 is 12.4. The molecule has 0 radical (unpaired) electrons. The van der Waals surface area contributed by atoms with E-state index in [-0.39, 0.29) is 23.8 Å². The van der Waals surface area contributed by atoms with E-state index < -0.39 is 28.5 Å². The summed E-state index contributed by atoms with van der Waals surface area (Å²) in [5, 5.41) is 3.31. The molecule has 4 aromatic rings. The third-order valence-corrected chi connectivity index (χ3v) is 9.31. The van der Waals surface area contributed by atoms with E-state index in [0.717, 1.165) is 15.4 Å². The largest absolute Gasteiger partial charge is 0.357 e. The first-order valence-corrected chi connectivity index (χ1v) is 15.4. The van der Waals surface area contributed by atoms with E-state index in [1.54, 1.807) is 60.7 Å². The summed E-state index contributed by atoms with van der Waals surface area (Å²) in [5.74, 6) is -0.953. The number of halogens is 2. The summed E-state index contributed by atoms with van der Waals surface area (Å²) in [5.41, 5.74) is 2.73. The van der Waals surface area contributed by atoms with Gasteiger partial charge in [0.15, 0.2) is 0 Å². The fourth-order valence-electron chi connectivity index (χ4n) is 4.51. The van der Waals surface area contributed by atoms with Crippen LogP contribution in [-0.4, -0.2) is 44.8 Å². The molecule has 0 fully saturated rings. The second kappa shape index (κ2) is 13.9. The van der Waals surface area contributed by atoms with Crippen LogP contribution in [0.25, 0.3) is 0 Å². The normalized spacial score (nSPS) is 11.9. The van der Waals surface area contributed by atoms with Gasteiger partial charge in [-0.25, -0.2) is 8.42 Å². The molecule has 0 aliphatic carbocycles. The molecule has 0 aromatic heterocycles. The number of hydrogen-bond donors (Lipinski definition) is 1. The fraction of sp³-hybridized carbons (Fsp3) is 0.188. The molecular weight excluding hydrogens is 593 g/mol. The van der Waals surface area contributed by atoms with E-state index in [0.29, 0.717) is 21.3 Å². The first kappa shape index (κ1) is 31.1. The Morgan fingerprint density at radius 2 is 1.43 bits per heavy atom. The lowest BCUT2D eigenvalue weighted by atomic mass is 10.0. The molecule has 2 amide bonds. The molecule has 0 saturated heterocycles. The van der Waals surface area contributed by atoms with E-state index in [1.807, 2.05) is 37.3 Å². The lowest BCUT2D eigenvalue weighted by molar-refractivity contribution is -0.139. The molecule has 218 valence electrons. The van der Waals surface area contributed by atoms with E-state index in [9.17, 15) is 18.0 Å². The molecule has 0 spiro atoms. The number of benzene rings is 4. The number of hydrogen-bond acceptors (Lipinski definition) is 4. The molecule has 0 bridgehead atoms. The first-order chi connectivity index (χ1) is 20.1.